The van der Waals surface area contributed by atoms with Gasteiger partial charge in [-0.05, 0) is 35.7 Å². The van der Waals surface area contributed by atoms with Crippen molar-refractivity contribution in [3.8, 4) is 0 Å². The van der Waals surface area contributed by atoms with Crippen molar-refractivity contribution in [2.24, 2.45) is 0 Å². The molecule has 0 fully saturated rings. The molecule has 0 bridgehead atoms. The second kappa shape index (κ2) is 5.01. The molecule has 0 aliphatic carbocycles. The van der Waals surface area contributed by atoms with Gasteiger partial charge in [0.25, 0.3) is 5.91 Å². The Hall–Kier alpha value is -2.12. The zero-order valence-electron chi connectivity index (χ0n) is 11.1. The van der Waals surface area contributed by atoms with E-state index in [1.807, 2.05) is 17.5 Å². The lowest BCUT2D eigenvalue weighted by molar-refractivity contribution is -0.110. The summed E-state index contributed by atoms with van der Waals surface area (Å²) in [6.45, 7) is 0. The van der Waals surface area contributed by atoms with Gasteiger partial charge in [0.15, 0.2) is 0 Å². The SMILES string of the molecule is CS(=O)(=O)Nc1ccc2c(c1)C(=Cc1cccs1)C(=O)N2. The fraction of sp³-hybridized carbons (Fsp3) is 0.0714. The minimum atomic E-state index is -3.35. The number of fused-ring (bicyclic) bond motifs is 1. The van der Waals surface area contributed by atoms with Crippen LogP contribution in [0.3, 0.4) is 0 Å². The van der Waals surface area contributed by atoms with Crippen LogP contribution in [0.4, 0.5) is 11.4 Å². The summed E-state index contributed by atoms with van der Waals surface area (Å²) in [7, 11) is -3.35. The van der Waals surface area contributed by atoms with E-state index in [0.29, 0.717) is 22.5 Å². The highest BCUT2D eigenvalue weighted by atomic mass is 32.2. The summed E-state index contributed by atoms with van der Waals surface area (Å²) >= 11 is 1.53. The molecule has 1 aromatic carbocycles. The molecule has 0 radical (unpaired) electrons. The van der Waals surface area contributed by atoms with Gasteiger partial charge < -0.3 is 5.32 Å². The molecule has 7 heteroatoms. The van der Waals surface area contributed by atoms with Gasteiger partial charge in [0.05, 0.1) is 11.8 Å². The molecule has 2 N–H and O–H groups in total. The fourth-order valence-electron chi connectivity index (χ4n) is 2.12. The number of carbonyl (C=O) groups excluding carboxylic acids is 1. The van der Waals surface area contributed by atoms with E-state index in [2.05, 4.69) is 10.0 Å². The molecule has 1 aliphatic rings. The van der Waals surface area contributed by atoms with Gasteiger partial charge in [-0.25, -0.2) is 8.42 Å². The lowest BCUT2D eigenvalue weighted by Gasteiger charge is -2.06. The average Bonchev–Trinajstić information content (AvgIpc) is 2.98. The summed E-state index contributed by atoms with van der Waals surface area (Å²) in [5.41, 5.74) is 2.35. The molecule has 21 heavy (non-hydrogen) atoms. The van der Waals surface area contributed by atoms with Crippen molar-refractivity contribution in [3.63, 3.8) is 0 Å². The number of nitrogens with one attached hydrogen (secondary N) is 2. The van der Waals surface area contributed by atoms with Crippen molar-refractivity contribution in [2.75, 3.05) is 16.3 Å². The Morgan fingerprint density at radius 3 is 2.76 bits per heavy atom. The highest BCUT2D eigenvalue weighted by molar-refractivity contribution is 7.92. The van der Waals surface area contributed by atoms with E-state index in [1.165, 1.54) is 11.3 Å². The van der Waals surface area contributed by atoms with Crippen molar-refractivity contribution < 1.29 is 13.2 Å². The van der Waals surface area contributed by atoms with Crippen molar-refractivity contribution in [1.82, 2.24) is 0 Å². The molecule has 2 aromatic rings. The van der Waals surface area contributed by atoms with E-state index < -0.39 is 10.0 Å². The van der Waals surface area contributed by atoms with Crippen LogP contribution in [0, 0.1) is 0 Å². The molecule has 5 nitrogen and oxygen atoms in total. The van der Waals surface area contributed by atoms with E-state index in [9.17, 15) is 13.2 Å². The molecule has 1 aromatic heterocycles. The van der Waals surface area contributed by atoms with Gasteiger partial charge in [0.2, 0.25) is 10.0 Å². The zero-order valence-corrected chi connectivity index (χ0v) is 12.7. The molecule has 0 atom stereocenters. The zero-order chi connectivity index (χ0) is 15.0. The highest BCUT2D eigenvalue weighted by Crippen LogP contribution is 2.35. The van der Waals surface area contributed by atoms with E-state index >= 15 is 0 Å². The van der Waals surface area contributed by atoms with Crippen LogP contribution < -0.4 is 10.0 Å². The van der Waals surface area contributed by atoms with Gasteiger partial charge >= 0.3 is 0 Å². The number of hydrogen-bond acceptors (Lipinski definition) is 4. The maximum absolute atomic E-state index is 12.0. The van der Waals surface area contributed by atoms with Gasteiger partial charge in [-0.15, -0.1) is 11.3 Å². The molecule has 108 valence electrons. The maximum Gasteiger partial charge on any atom is 0.256 e. The minimum Gasteiger partial charge on any atom is -0.321 e. The molecule has 1 aliphatic heterocycles. The fourth-order valence-corrected chi connectivity index (χ4v) is 3.34. The van der Waals surface area contributed by atoms with Crippen LogP contribution in [-0.4, -0.2) is 20.6 Å². The Morgan fingerprint density at radius 1 is 1.29 bits per heavy atom. The summed E-state index contributed by atoms with van der Waals surface area (Å²) in [6, 6.07) is 8.80. The van der Waals surface area contributed by atoms with Gasteiger partial charge in [-0.3, -0.25) is 9.52 Å². The van der Waals surface area contributed by atoms with Crippen molar-refractivity contribution >= 4 is 50.3 Å². The number of anilines is 2. The first-order chi connectivity index (χ1) is 9.92. The first-order valence-electron chi connectivity index (χ1n) is 6.11. The van der Waals surface area contributed by atoms with E-state index in [0.717, 1.165) is 11.1 Å². The van der Waals surface area contributed by atoms with Crippen molar-refractivity contribution in [1.29, 1.82) is 0 Å². The van der Waals surface area contributed by atoms with E-state index in [4.69, 9.17) is 0 Å². The van der Waals surface area contributed by atoms with Crippen LogP contribution >= 0.6 is 11.3 Å². The van der Waals surface area contributed by atoms with Crippen LogP contribution in [0.1, 0.15) is 10.4 Å². The van der Waals surface area contributed by atoms with Gasteiger partial charge in [0, 0.05) is 21.8 Å². The number of benzene rings is 1. The van der Waals surface area contributed by atoms with Gasteiger partial charge in [0.1, 0.15) is 0 Å². The Kier molecular flexibility index (Phi) is 3.30. The largest absolute Gasteiger partial charge is 0.321 e. The first-order valence-corrected chi connectivity index (χ1v) is 8.88. The van der Waals surface area contributed by atoms with Gasteiger partial charge in [-0.1, -0.05) is 6.07 Å². The number of sulfonamides is 1. The summed E-state index contributed by atoms with van der Waals surface area (Å²) in [6.07, 6.45) is 2.89. The minimum absolute atomic E-state index is 0.185. The number of thiophene rings is 1. The smallest absolute Gasteiger partial charge is 0.256 e. The Bertz CT molecular complexity index is 837. The lowest BCUT2D eigenvalue weighted by atomic mass is 10.1. The molecule has 0 unspecified atom stereocenters. The number of carbonyl (C=O) groups is 1. The van der Waals surface area contributed by atoms with Crippen LogP contribution in [0.5, 0.6) is 0 Å². The molecule has 0 spiro atoms. The second-order valence-corrected chi connectivity index (χ2v) is 7.39. The van der Waals surface area contributed by atoms with Crippen molar-refractivity contribution in [3.05, 3.63) is 46.2 Å². The standard InChI is InChI=1S/C14H12N2O3S2/c1-21(18,19)16-9-4-5-13-11(7-9)12(14(17)15-13)8-10-3-2-6-20-10/h2-8,16H,1H3,(H,15,17). The van der Waals surface area contributed by atoms with Crippen LogP contribution in [0.15, 0.2) is 35.7 Å². The van der Waals surface area contributed by atoms with E-state index in [-0.39, 0.29) is 5.91 Å². The van der Waals surface area contributed by atoms with Crippen LogP contribution in [0.2, 0.25) is 0 Å². The normalized spacial score (nSPS) is 15.9. The third kappa shape index (κ3) is 2.98. The number of hydrogen-bond donors (Lipinski definition) is 2. The third-order valence-corrected chi connectivity index (χ3v) is 4.36. The average molecular weight is 320 g/mol. The third-order valence-electron chi connectivity index (χ3n) is 2.94. The Morgan fingerprint density at radius 2 is 2.10 bits per heavy atom. The Labute approximate surface area is 126 Å². The number of amides is 1. The maximum atomic E-state index is 12.0. The highest BCUT2D eigenvalue weighted by Gasteiger charge is 2.24. The Balaban J connectivity index is 2.05. The topological polar surface area (TPSA) is 75.3 Å². The predicted octanol–water partition coefficient (Wildman–Crippen LogP) is 2.61. The second-order valence-electron chi connectivity index (χ2n) is 4.66. The van der Waals surface area contributed by atoms with Crippen molar-refractivity contribution in [2.45, 2.75) is 0 Å². The first kappa shape index (κ1) is 13.8. The predicted molar refractivity (Wildman–Crippen MR) is 85.7 cm³/mol. The summed E-state index contributed by atoms with van der Waals surface area (Å²) in [5.74, 6) is -0.185. The molecule has 0 saturated carbocycles. The van der Waals surface area contributed by atoms with Crippen LogP contribution in [0.25, 0.3) is 11.6 Å². The number of rotatable bonds is 3. The molecule has 0 saturated heterocycles. The molecule has 2 heterocycles. The molecule has 1 amide bonds. The molecular weight excluding hydrogens is 308 g/mol. The quantitative estimate of drug-likeness (QED) is 0.854. The summed E-state index contributed by atoms with van der Waals surface area (Å²) in [5, 5.41) is 4.70. The van der Waals surface area contributed by atoms with Crippen LogP contribution in [-0.2, 0) is 14.8 Å². The summed E-state index contributed by atoms with van der Waals surface area (Å²) < 4.78 is 25.0. The lowest BCUT2D eigenvalue weighted by Crippen LogP contribution is -2.09. The summed E-state index contributed by atoms with van der Waals surface area (Å²) in [4.78, 5) is 13.0. The van der Waals surface area contributed by atoms with Gasteiger partial charge in [-0.2, -0.15) is 0 Å². The van der Waals surface area contributed by atoms with E-state index in [1.54, 1.807) is 24.3 Å². The molecule has 3 rings (SSSR count). The molecular formula is C14H12N2O3S2. The monoisotopic (exact) mass is 320 g/mol.